The molecule has 208 valence electrons. The van der Waals surface area contributed by atoms with Crippen molar-refractivity contribution < 1.29 is 28.7 Å². The van der Waals surface area contributed by atoms with Crippen LogP contribution >= 0.6 is 12.6 Å². The highest BCUT2D eigenvalue weighted by molar-refractivity contribution is 7.80. The fourth-order valence-corrected chi connectivity index (χ4v) is 3.78. The number of amides is 3. The number of carbonyl (C=O) groups excluding carboxylic acids is 4. The number of ether oxygens (including phenoxy) is 2. The van der Waals surface area contributed by atoms with Crippen molar-refractivity contribution in [2.24, 2.45) is 0 Å². The minimum atomic E-state index is -1.04. The molecule has 0 fully saturated rings. The Morgan fingerprint density at radius 1 is 1.03 bits per heavy atom. The molecule has 1 aromatic rings. The summed E-state index contributed by atoms with van der Waals surface area (Å²) >= 11 is 4.31. The molecule has 0 radical (unpaired) electrons. The molecule has 0 saturated carbocycles. The molecule has 0 spiro atoms. The van der Waals surface area contributed by atoms with Gasteiger partial charge in [0.1, 0.15) is 17.7 Å². The molecule has 0 aliphatic heterocycles. The standard InChI is InChI=1S/C27H43N3O6S/c1-9-27(7,8)30(24(33)20(17-37)29-25(34)36-26(4,5)6)22(19-13-11-18(3)12-14-19)23(32)28-16-15-21(31)35-10-2/h11-14,20,22,37H,9-10,15-17H2,1-8H3,(H,28,32)(H,29,34). The van der Waals surface area contributed by atoms with Crippen LogP contribution in [0.25, 0.3) is 0 Å². The number of hydrogen-bond acceptors (Lipinski definition) is 7. The number of benzene rings is 1. The summed E-state index contributed by atoms with van der Waals surface area (Å²) < 4.78 is 10.3. The summed E-state index contributed by atoms with van der Waals surface area (Å²) in [5.74, 6) is -1.34. The van der Waals surface area contributed by atoms with Crippen LogP contribution in [0.2, 0.25) is 0 Å². The third-order valence-electron chi connectivity index (χ3n) is 5.76. The number of aryl methyl sites for hydroxylation is 1. The molecule has 0 saturated heterocycles. The average molecular weight is 538 g/mol. The minimum Gasteiger partial charge on any atom is -0.466 e. The predicted molar refractivity (Wildman–Crippen MR) is 146 cm³/mol. The van der Waals surface area contributed by atoms with Gasteiger partial charge in [0.2, 0.25) is 11.8 Å². The second-order valence-electron chi connectivity index (χ2n) is 10.4. The van der Waals surface area contributed by atoms with Gasteiger partial charge in [0.15, 0.2) is 0 Å². The lowest BCUT2D eigenvalue weighted by Gasteiger charge is -2.44. The largest absolute Gasteiger partial charge is 0.466 e. The van der Waals surface area contributed by atoms with Gasteiger partial charge >= 0.3 is 12.1 Å². The molecular formula is C27H43N3O6S. The zero-order valence-corrected chi connectivity index (χ0v) is 24.2. The van der Waals surface area contributed by atoms with Gasteiger partial charge in [0, 0.05) is 17.8 Å². The number of alkyl carbamates (subject to hydrolysis) is 1. The Bertz CT molecular complexity index is 927. The van der Waals surface area contributed by atoms with Crippen LogP contribution in [0.5, 0.6) is 0 Å². The SMILES string of the molecule is CCOC(=O)CCNC(=O)C(c1ccc(C)cc1)N(C(=O)C(CS)NC(=O)OC(C)(C)C)C(C)(C)CC. The van der Waals surface area contributed by atoms with Crippen LogP contribution in [-0.4, -0.2) is 64.9 Å². The highest BCUT2D eigenvalue weighted by Gasteiger charge is 2.42. The van der Waals surface area contributed by atoms with Crippen LogP contribution in [-0.2, 0) is 23.9 Å². The molecule has 2 atom stereocenters. The summed E-state index contributed by atoms with van der Waals surface area (Å²) in [5.41, 5.74) is 0.0731. The summed E-state index contributed by atoms with van der Waals surface area (Å²) in [7, 11) is 0. The number of nitrogens with zero attached hydrogens (tertiary/aromatic N) is 1. The van der Waals surface area contributed by atoms with Gasteiger partial charge < -0.3 is 25.0 Å². The topological polar surface area (TPSA) is 114 Å². The van der Waals surface area contributed by atoms with Gasteiger partial charge in [-0.3, -0.25) is 14.4 Å². The molecule has 1 aromatic carbocycles. The number of rotatable bonds is 12. The highest BCUT2D eigenvalue weighted by atomic mass is 32.1. The smallest absolute Gasteiger partial charge is 0.408 e. The van der Waals surface area contributed by atoms with Crippen LogP contribution in [0.3, 0.4) is 0 Å². The van der Waals surface area contributed by atoms with Crippen molar-refractivity contribution in [2.75, 3.05) is 18.9 Å². The zero-order valence-electron chi connectivity index (χ0n) is 23.3. The summed E-state index contributed by atoms with van der Waals surface area (Å²) in [6, 6.07) is 5.27. The maximum Gasteiger partial charge on any atom is 0.408 e. The molecule has 10 heteroatoms. The Morgan fingerprint density at radius 2 is 1.62 bits per heavy atom. The summed E-state index contributed by atoms with van der Waals surface area (Å²) in [6.45, 7) is 14.8. The number of nitrogens with one attached hydrogen (secondary N) is 2. The first kappa shape index (κ1) is 32.3. The molecule has 1 rings (SSSR count). The van der Waals surface area contributed by atoms with Crippen LogP contribution in [0, 0.1) is 6.92 Å². The third kappa shape index (κ3) is 10.3. The predicted octanol–water partition coefficient (Wildman–Crippen LogP) is 3.95. The zero-order chi connectivity index (χ0) is 28.4. The second kappa shape index (κ2) is 14.3. The lowest BCUT2D eigenvalue weighted by molar-refractivity contribution is -0.149. The molecule has 37 heavy (non-hydrogen) atoms. The van der Waals surface area contributed by atoms with Gasteiger partial charge in [-0.05, 0) is 60.5 Å². The maximum absolute atomic E-state index is 14.0. The molecule has 3 amide bonds. The fourth-order valence-electron chi connectivity index (χ4n) is 3.53. The molecule has 0 heterocycles. The monoisotopic (exact) mass is 537 g/mol. The Labute approximate surface area is 226 Å². The summed E-state index contributed by atoms with van der Waals surface area (Å²) in [5, 5.41) is 5.39. The van der Waals surface area contributed by atoms with Gasteiger partial charge in [0.05, 0.1) is 13.0 Å². The van der Waals surface area contributed by atoms with Crippen molar-refractivity contribution in [2.45, 2.75) is 91.5 Å². The summed E-state index contributed by atoms with van der Waals surface area (Å²) in [4.78, 5) is 53.4. The van der Waals surface area contributed by atoms with Crippen LogP contribution in [0.4, 0.5) is 4.79 Å². The maximum atomic E-state index is 14.0. The van der Waals surface area contributed by atoms with Gasteiger partial charge in [-0.25, -0.2) is 4.79 Å². The molecule has 0 aromatic heterocycles. The van der Waals surface area contributed by atoms with Crippen LogP contribution in [0.15, 0.2) is 24.3 Å². The fraction of sp³-hybridized carbons (Fsp3) is 0.630. The number of carbonyl (C=O) groups is 4. The molecule has 0 bridgehead atoms. The van der Waals surface area contributed by atoms with Crippen LogP contribution < -0.4 is 10.6 Å². The van der Waals surface area contributed by atoms with E-state index in [-0.39, 0.29) is 25.3 Å². The normalized spacial score (nSPS) is 13.2. The third-order valence-corrected chi connectivity index (χ3v) is 6.12. The van der Waals surface area contributed by atoms with E-state index in [9.17, 15) is 19.2 Å². The number of esters is 1. The quantitative estimate of drug-likeness (QED) is 0.275. The summed E-state index contributed by atoms with van der Waals surface area (Å²) in [6.07, 6.45) is -0.215. The van der Waals surface area contributed by atoms with E-state index in [0.29, 0.717) is 12.0 Å². The second-order valence-corrected chi connectivity index (χ2v) is 10.8. The van der Waals surface area contributed by atoms with Crippen molar-refractivity contribution >= 4 is 36.5 Å². The molecule has 0 aliphatic carbocycles. The van der Waals surface area contributed by atoms with E-state index in [1.165, 1.54) is 4.90 Å². The molecular weight excluding hydrogens is 494 g/mol. The Kier molecular flexibility index (Phi) is 12.4. The average Bonchev–Trinajstić information content (AvgIpc) is 2.80. The van der Waals surface area contributed by atoms with E-state index in [4.69, 9.17) is 9.47 Å². The van der Waals surface area contributed by atoms with Crippen molar-refractivity contribution in [3.63, 3.8) is 0 Å². The van der Waals surface area contributed by atoms with Gasteiger partial charge in [-0.1, -0.05) is 36.8 Å². The Morgan fingerprint density at radius 3 is 2.11 bits per heavy atom. The number of hydrogen-bond donors (Lipinski definition) is 3. The molecule has 0 aliphatic rings. The highest BCUT2D eigenvalue weighted by Crippen LogP contribution is 2.32. The Hall–Kier alpha value is -2.75. The van der Waals surface area contributed by atoms with E-state index in [2.05, 4.69) is 23.3 Å². The first-order valence-corrected chi connectivity index (χ1v) is 13.2. The number of thiol groups is 1. The van der Waals surface area contributed by atoms with Gasteiger partial charge in [0.25, 0.3) is 0 Å². The van der Waals surface area contributed by atoms with E-state index >= 15 is 0 Å². The van der Waals surface area contributed by atoms with E-state index < -0.39 is 47.1 Å². The van der Waals surface area contributed by atoms with Gasteiger partial charge in [-0.2, -0.15) is 12.6 Å². The van der Waals surface area contributed by atoms with Crippen molar-refractivity contribution in [1.82, 2.24) is 15.5 Å². The Balaban J connectivity index is 3.43. The van der Waals surface area contributed by atoms with Crippen molar-refractivity contribution in [1.29, 1.82) is 0 Å². The molecule has 2 N–H and O–H groups in total. The molecule has 2 unspecified atom stereocenters. The van der Waals surface area contributed by atoms with Crippen molar-refractivity contribution in [3.05, 3.63) is 35.4 Å². The van der Waals surface area contributed by atoms with Crippen LogP contribution in [0.1, 0.15) is 78.5 Å². The van der Waals surface area contributed by atoms with E-state index in [0.717, 1.165) is 5.56 Å². The first-order chi connectivity index (χ1) is 17.2. The minimum absolute atomic E-state index is 0.000530. The van der Waals surface area contributed by atoms with Gasteiger partial charge in [-0.15, -0.1) is 0 Å². The molecule has 9 nitrogen and oxygen atoms in total. The lowest BCUT2D eigenvalue weighted by Crippen LogP contribution is -2.60. The van der Waals surface area contributed by atoms with E-state index in [1.54, 1.807) is 39.8 Å². The van der Waals surface area contributed by atoms with E-state index in [1.807, 2.05) is 39.8 Å². The lowest BCUT2D eigenvalue weighted by atomic mass is 9.92. The van der Waals surface area contributed by atoms with Crippen molar-refractivity contribution in [3.8, 4) is 0 Å². The first-order valence-electron chi connectivity index (χ1n) is 12.6.